The number of thiazole rings is 1. The normalized spacial score (nSPS) is 11.3. The lowest BCUT2D eigenvalue weighted by atomic mass is 10.1. The van der Waals surface area contributed by atoms with Crippen LogP contribution in [-0.2, 0) is 0 Å². The Bertz CT molecular complexity index is 1200. The minimum absolute atomic E-state index is 0.262. The van der Waals surface area contributed by atoms with Crippen LogP contribution in [0.4, 0.5) is 5.13 Å². The summed E-state index contributed by atoms with van der Waals surface area (Å²) in [7, 11) is 1.62. The molecule has 2 heterocycles. The van der Waals surface area contributed by atoms with Crippen LogP contribution in [0.2, 0.25) is 0 Å². The van der Waals surface area contributed by atoms with Crippen molar-refractivity contribution in [3.05, 3.63) is 77.2 Å². The number of fused-ring (bicyclic) bond motifs is 1. The van der Waals surface area contributed by atoms with Crippen molar-refractivity contribution in [3.8, 4) is 5.75 Å². The summed E-state index contributed by atoms with van der Waals surface area (Å²) in [6.45, 7) is 3.99. The standard InChI is InChI=1S/C22H19N3O3S/c1-14-6-7-16(11-15(14)2)21(26)25(23-13-18-5-4-10-28-18)22-24-19-9-8-17(27-3)12-20(19)29-22/h4-13H,1-3H3/b23-13-. The van der Waals surface area contributed by atoms with Gasteiger partial charge in [-0.2, -0.15) is 10.1 Å². The van der Waals surface area contributed by atoms with Gasteiger partial charge in [0.25, 0.3) is 5.91 Å². The summed E-state index contributed by atoms with van der Waals surface area (Å²) in [6, 6.07) is 14.7. The maximum absolute atomic E-state index is 13.3. The Labute approximate surface area is 172 Å². The van der Waals surface area contributed by atoms with Crippen LogP contribution < -0.4 is 9.75 Å². The predicted octanol–water partition coefficient (Wildman–Crippen LogP) is 5.20. The molecule has 29 heavy (non-hydrogen) atoms. The molecule has 0 bridgehead atoms. The summed E-state index contributed by atoms with van der Waals surface area (Å²) in [5, 5.41) is 6.17. The van der Waals surface area contributed by atoms with Crippen LogP contribution in [0, 0.1) is 13.8 Å². The highest BCUT2D eigenvalue weighted by atomic mass is 32.1. The monoisotopic (exact) mass is 405 g/mol. The van der Waals surface area contributed by atoms with Crippen LogP contribution in [0.15, 0.2) is 64.3 Å². The molecule has 0 saturated heterocycles. The lowest BCUT2D eigenvalue weighted by Gasteiger charge is -2.14. The van der Waals surface area contributed by atoms with E-state index in [1.54, 1.807) is 31.6 Å². The van der Waals surface area contributed by atoms with Gasteiger partial charge in [0.2, 0.25) is 5.13 Å². The quantitative estimate of drug-likeness (QED) is 0.338. The largest absolute Gasteiger partial charge is 0.497 e. The predicted molar refractivity (Wildman–Crippen MR) is 115 cm³/mol. The van der Waals surface area contributed by atoms with Crippen LogP contribution in [0.25, 0.3) is 10.2 Å². The van der Waals surface area contributed by atoms with Crippen molar-refractivity contribution in [2.75, 3.05) is 12.1 Å². The van der Waals surface area contributed by atoms with Gasteiger partial charge >= 0.3 is 0 Å². The second kappa shape index (κ2) is 7.89. The first kappa shape index (κ1) is 18.9. The molecule has 0 aliphatic rings. The van der Waals surface area contributed by atoms with E-state index in [4.69, 9.17) is 9.15 Å². The minimum atomic E-state index is -0.262. The number of rotatable bonds is 5. The Morgan fingerprint density at radius 3 is 2.76 bits per heavy atom. The molecular formula is C22H19N3O3S. The molecule has 0 atom stereocenters. The highest BCUT2D eigenvalue weighted by Crippen LogP contribution is 2.32. The van der Waals surface area contributed by atoms with Crippen molar-refractivity contribution in [3.63, 3.8) is 0 Å². The SMILES string of the molecule is COc1ccc2nc(N(/N=C\c3ccco3)C(=O)c3ccc(C)c(C)c3)sc2c1. The molecule has 0 spiro atoms. The Morgan fingerprint density at radius 1 is 1.17 bits per heavy atom. The van der Waals surface area contributed by atoms with E-state index in [-0.39, 0.29) is 5.91 Å². The van der Waals surface area contributed by atoms with E-state index >= 15 is 0 Å². The van der Waals surface area contributed by atoms with Crippen molar-refractivity contribution < 1.29 is 13.9 Å². The molecule has 0 saturated carbocycles. The number of hydrogen-bond acceptors (Lipinski definition) is 6. The van der Waals surface area contributed by atoms with Crippen molar-refractivity contribution in [1.82, 2.24) is 4.98 Å². The van der Waals surface area contributed by atoms with Gasteiger partial charge in [-0.3, -0.25) is 4.79 Å². The van der Waals surface area contributed by atoms with Crippen LogP contribution in [0.5, 0.6) is 5.75 Å². The van der Waals surface area contributed by atoms with E-state index in [2.05, 4.69) is 10.1 Å². The molecule has 0 aliphatic carbocycles. The zero-order valence-electron chi connectivity index (χ0n) is 16.2. The van der Waals surface area contributed by atoms with Gasteiger partial charge in [0.15, 0.2) is 0 Å². The average molecular weight is 405 g/mol. The lowest BCUT2D eigenvalue weighted by Crippen LogP contribution is -2.25. The Kier molecular flexibility index (Phi) is 5.14. The van der Waals surface area contributed by atoms with Gasteiger partial charge in [-0.05, 0) is 67.4 Å². The van der Waals surface area contributed by atoms with Gasteiger partial charge in [-0.1, -0.05) is 17.4 Å². The zero-order valence-corrected chi connectivity index (χ0v) is 17.1. The second-order valence-electron chi connectivity index (χ2n) is 6.51. The number of anilines is 1. The van der Waals surface area contributed by atoms with Crippen molar-refractivity contribution >= 4 is 38.8 Å². The van der Waals surface area contributed by atoms with E-state index in [1.165, 1.54) is 22.6 Å². The first-order chi connectivity index (χ1) is 14.0. The van der Waals surface area contributed by atoms with E-state index in [0.717, 1.165) is 27.1 Å². The number of furan rings is 1. The molecule has 2 aromatic heterocycles. The molecule has 4 aromatic rings. The summed E-state index contributed by atoms with van der Waals surface area (Å²) < 4.78 is 11.5. The molecule has 1 amide bonds. The number of nitrogens with zero attached hydrogens (tertiary/aromatic N) is 3. The van der Waals surface area contributed by atoms with Crippen molar-refractivity contribution in [2.45, 2.75) is 13.8 Å². The smallest absolute Gasteiger partial charge is 0.280 e. The van der Waals surface area contributed by atoms with Gasteiger partial charge in [-0.15, -0.1) is 0 Å². The summed E-state index contributed by atoms with van der Waals surface area (Å²) >= 11 is 1.37. The average Bonchev–Trinajstić information content (AvgIpc) is 3.39. The fourth-order valence-electron chi connectivity index (χ4n) is 2.78. The van der Waals surface area contributed by atoms with Crippen LogP contribution in [0.1, 0.15) is 27.2 Å². The lowest BCUT2D eigenvalue weighted by molar-refractivity contribution is 0.0987. The summed E-state index contributed by atoms with van der Waals surface area (Å²) in [4.78, 5) is 17.9. The maximum atomic E-state index is 13.3. The van der Waals surface area contributed by atoms with Gasteiger partial charge in [0.1, 0.15) is 11.5 Å². The van der Waals surface area contributed by atoms with E-state index in [1.807, 2.05) is 44.2 Å². The molecule has 4 rings (SSSR count). The number of carbonyl (C=O) groups is 1. The number of amides is 1. The molecular weight excluding hydrogens is 386 g/mol. The minimum Gasteiger partial charge on any atom is -0.497 e. The molecule has 0 unspecified atom stereocenters. The second-order valence-corrected chi connectivity index (χ2v) is 7.52. The topological polar surface area (TPSA) is 67.9 Å². The van der Waals surface area contributed by atoms with Crippen LogP contribution >= 0.6 is 11.3 Å². The molecule has 6 nitrogen and oxygen atoms in total. The fraction of sp³-hybridized carbons (Fsp3) is 0.136. The summed E-state index contributed by atoms with van der Waals surface area (Å²) in [5.74, 6) is 1.02. The summed E-state index contributed by atoms with van der Waals surface area (Å²) in [5.41, 5.74) is 3.48. The maximum Gasteiger partial charge on any atom is 0.280 e. The highest BCUT2D eigenvalue weighted by molar-refractivity contribution is 7.22. The zero-order chi connectivity index (χ0) is 20.4. The van der Waals surface area contributed by atoms with Crippen molar-refractivity contribution in [1.29, 1.82) is 0 Å². The third-order valence-electron chi connectivity index (χ3n) is 4.56. The number of carbonyl (C=O) groups excluding carboxylic acids is 1. The number of ether oxygens (including phenoxy) is 1. The van der Waals surface area contributed by atoms with Crippen LogP contribution in [0.3, 0.4) is 0 Å². The highest BCUT2D eigenvalue weighted by Gasteiger charge is 2.21. The number of aryl methyl sites for hydroxylation is 2. The molecule has 2 aromatic carbocycles. The Hall–Kier alpha value is -3.45. The van der Waals surface area contributed by atoms with E-state index in [0.29, 0.717) is 16.5 Å². The molecule has 0 fully saturated rings. The molecule has 0 radical (unpaired) electrons. The Balaban J connectivity index is 1.77. The van der Waals surface area contributed by atoms with Crippen molar-refractivity contribution in [2.24, 2.45) is 5.10 Å². The van der Waals surface area contributed by atoms with E-state index in [9.17, 15) is 4.79 Å². The number of benzene rings is 2. The molecule has 7 heteroatoms. The van der Waals surface area contributed by atoms with Gasteiger partial charge in [0.05, 0.1) is 29.8 Å². The number of hydrogen-bond donors (Lipinski definition) is 0. The molecule has 0 aliphatic heterocycles. The van der Waals surface area contributed by atoms with Gasteiger partial charge in [-0.25, -0.2) is 4.98 Å². The van der Waals surface area contributed by atoms with Crippen LogP contribution in [-0.4, -0.2) is 24.2 Å². The third kappa shape index (κ3) is 3.90. The first-order valence-electron chi connectivity index (χ1n) is 8.99. The Morgan fingerprint density at radius 2 is 2.03 bits per heavy atom. The van der Waals surface area contributed by atoms with Gasteiger partial charge in [0, 0.05) is 5.56 Å². The number of hydrazone groups is 1. The van der Waals surface area contributed by atoms with Gasteiger partial charge < -0.3 is 9.15 Å². The van der Waals surface area contributed by atoms with E-state index < -0.39 is 0 Å². The molecule has 0 N–H and O–H groups in total. The number of methoxy groups -OCH3 is 1. The third-order valence-corrected chi connectivity index (χ3v) is 5.55. The first-order valence-corrected chi connectivity index (χ1v) is 9.80. The fourth-order valence-corrected chi connectivity index (χ4v) is 3.73. The molecule has 146 valence electrons. The number of aromatic nitrogens is 1. The summed E-state index contributed by atoms with van der Waals surface area (Å²) in [6.07, 6.45) is 3.06.